The van der Waals surface area contributed by atoms with Gasteiger partial charge >= 0.3 is 0 Å². The Morgan fingerprint density at radius 1 is 1.50 bits per heavy atom. The van der Waals surface area contributed by atoms with E-state index in [2.05, 4.69) is 41.2 Å². The minimum Gasteiger partial charge on any atom is -0.381 e. The fourth-order valence-electron chi connectivity index (χ4n) is 1.58. The average molecular weight is 281 g/mol. The summed E-state index contributed by atoms with van der Waals surface area (Å²) in [5.74, 6) is 0. The fraction of sp³-hybridized carbons (Fsp3) is 0.462. The summed E-state index contributed by atoms with van der Waals surface area (Å²) in [4.78, 5) is 0. The third-order valence-corrected chi connectivity index (χ3v) is 2.99. The van der Waals surface area contributed by atoms with Crippen LogP contribution in [0.15, 0.2) is 22.7 Å². The molecule has 0 fully saturated rings. The highest BCUT2D eigenvalue weighted by atomic mass is 79.9. The molecule has 0 spiro atoms. The van der Waals surface area contributed by atoms with Crippen LogP contribution in [-0.2, 0) is 0 Å². The molecule has 0 aliphatic rings. The zero-order valence-electron chi connectivity index (χ0n) is 9.76. The molecule has 2 nitrogen and oxygen atoms in total. The number of nitrogens with zero attached hydrogens (tertiary/aromatic N) is 1. The maximum absolute atomic E-state index is 8.99. The summed E-state index contributed by atoms with van der Waals surface area (Å²) in [6.07, 6.45) is 3.55. The number of benzene rings is 1. The van der Waals surface area contributed by atoms with Crippen molar-refractivity contribution < 1.29 is 0 Å². The normalized spacial score (nSPS) is 11.9. The molecule has 3 heteroatoms. The van der Waals surface area contributed by atoms with Crippen molar-refractivity contribution in [1.29, 1.82) is 5.26 Å². The third-order valence-electron chi connectivity index (χ3n) is 2.49. The predicted molar refractivity (Wildman–Crippen MR) is 71.5 cm³/mol. The highest BCUT2D eigenvalue weighted by Gasteiger charge is 2.06. The van der Waals surface area contributed by atoms with Gasteiger partial charge in [-0.3, -0.25) is 0 Å². The molecule has 0 heterocycles. The van der Waals surface area contributed by atoms with Crippen molar-refractivity contribution in [2.45, 2.75) is 39.2 Å². The van der Waals surface area contributed by atoms with Gasteiger partial charge in [0.2, 0.25) is 0 Å². The number of unbranched alkanes of at least 4 members (excludes halogenated alkanes) is 1. The van der Waals surface area contributed by atoms with E-state index in [0.29, 0.717) is 11.6 Å². The van der Waals surface area contributed by atoms with Gasteiger partial charge in [0.05, 0.1) is 11.3 Å². The van der Waals surface area contributed by atoms with Crippen LogP contribution in [0, 0.1) is 11.3 Å². The van der Waals surface area contributed by atoms with Gasteiger partial charge in [-0.2, -0.15) is 5.26 Å². The van der Waals surface area contributed by atoms with Crippen LogP contribution in [0.1, 0.15) is 38.7 Å². The topological polar surface area (TPSA) is 35.8 Å². The number of nitriles is 1. The lowest BCUT2D eigenvalue weighted by atomic mass is 10.1. The Labute approximate surface area is 106 Å². The second kappa shape index (κ2) is 6.55. The third kappa shape index (κ3) is 3.86. The molecule has 1 N–H and O–H groups in total. The van der Waals surface area contributed by atoms with Gasteiger partial charge in [-0.25, -0.2) is 0 Å². The van der Waals surface area contributed by atoms with Gasteiger partial charge in [0, 0.05) is 10.5 Å². The Balaban J connectivity index is 2.72. The fourth-order valence-corrected chi connectivity index (χ4v) is 1.94. The summed E-state index contributed by atoms with van der Waals surface area (Å²) in [5.41, 5.74) is 1.62. The lowest BCUT2D eigenvalue weighted by Gasteiger charge is -2.16. The zero-order valence-corrected chi connectivity index (χ0v) is 11.3. The molecule has 0 aliphatic heterocycles. The minimum absolute atomic E-state index is 0.404. The van der Waals surface area contributed by atoms with Crippen LogP contribution in [0.2, 0.25) is 0 Å². The smallest absolute Gasteiger partial charge is 0.101 e. The van der Waals surface area contributed by atoms with E-state index < -0.39 is 0 Å². The first kappa shape index (κ1) is 13.1. The van der Waals surface area contributed by atoms with Crippen molar-refractivity contribution in [2.75, 3.05) is 5.32 Å². The molecular formula is C13H17BrN2. The van der Waals surface area contributed by atoms with Crippen molar-refractivity contribution in [1.82, 2.24) is 0 Å². The van der Waals surface area contributed by atoms with Crippen molar-refractivity contribution in [3.8, 4) is 6.07 Å². The molecule has 0 aliphatic carbocycles. The number of halogens is 1. The van der Waals surface area contributed by atoms with Gasteiger partial charge in [0.15, 0.2) is 0 Å². The Morgan fingerprint density at radius 3 is 2.88 bits per heavy atom. The van der Waals surface area contributed by atoms with Crippen molar-refractivity contribution in [3.05, 3.63) is 28.2 Å². The number of hydrogen-bond donors (Lipinski definition) is 1. The van der Waals surface area contributed by atoms with Gasteiger partial charge in [-0.05, 0) is 31.5 Å². The van der Waals surface area contributed by atoms with Crippen LogP contribution >= 0.6 is 15.9 Å². The van der Waals surface area contributed by atoms with Crippen molar-refractivity contribution in [2.24, 2.45) is 0 Å². The molecule has 86 valence electrons. The molecule has 16 heavy (non-hydrogen) atoms. The molecule has 1 rings (SSSR count). The van der Waals surface area contributed by atoms with E-state index in [1.807, 2.05) is 18.2 Å². The Kier molecular flexibility index (Phi) is 5.34. The largest absolute Gasteiger partial charge is 0.381 e. The highest BCUT2D eigenvalue weighted by molar-refractivity contribution is 9.10. The number of anilines is 1. The molecule has 1 atom stereocenters. The van der Waals surface area contributed by atoms with Gasteiger partial charge in [-0.1, -0.05) is 35.7 Å². The summed E-state index contributed by atoms with van der Waals surface area (Å²) in [6, 6.07) is 8.29. The summed E-state index contributed by atoms with van der Waals surface area (Å²) in [6.45, 7) is 4.34. The van der Waals surface area contributed by atoms with E-state index in [1.165, 1.54) is 12.8 Å². The second-order valence-corrected chi connectivity index (χ2v) is 4.90. The van der Waals surface area contributed by atoms with Crippen LogP contribution in [-0.4, -0.2) is 6.04 Å². The van der Waals surface area contributed by atoms with Crippen LogP contribution in [0.3, 0.4) is 0 Å². The Hall–Kier alpha value is -1.01. The molecule has 0 aromatic heterocycles. The van der Waals surface area contributed by atoms with Crippen molar-refractivity contribution in [3.63, 3.8) is 0 Å². The van der Waals surface area contributed by atoms with Gasteiger partial charge in [0.1, 0.15) is 6.07 Å². The average Bonchev–Trinajstić information content (AvgIpc) is 2.27. The maximum Gasteiger partial charge on any atom is 0.101 e. The number of hydrogen-bond acceptors (Lipinski definition) is 2. The minimum atomic E-state index is 0.404. The quantitative estimate of drug-likeness (QED) is 0.872. The molecule has 0 saturated carbocycles. The van der Waals surface area contributed by atoms with Gasteiger partial charge in [-0.15, -0.1) is 0 Å². The summed E-state index contributed by atoms with van der Waals surface area (Å²) < 4.78 is 0.997. The standard InChI is InChI=1S/C13H17BrN2/c1-3-4-5-10(2)16-13-8-12(14)7-6-11(13)9-15/h6-8,10,16H,3-5H2,1-2H3. The molecule has 0 saturated heterocycles. The van der Waals surface area contributed by atoms with E-state index in [4.69, 9.17) is 5.26 Å². The molecule has 0 amide bonds. The highest BCUT2D eigenvalue weighted by Crippen LogP contribution is 2.22. The van der Waals surface area contributed by atoms with E-state index in [1.54, 1.807) is 0 Å². The lowest BCUT2D eigenvalue weighted by Crippen LogP contribution is -2.15. The van der Waals surface area contributed by atoms with Gasteiger partial charge in [0.25, 0.3) is 0 Å². The van der Waals surface area contributed by atoms with E-state index in [0.717, 1.165) is 16.6 Å². The lowest BCUT2D eigenvalue weighted by molar-refractivity contribution is 0.645. The van der Waals surface area contributed by atoms with E-state index >= 15 is 0 Å². The van der Waals surface area contributed by atoms with E-state index in [9.17, 15) is 0 Å². The van der Waals surface area contributed by atoms with Crippen molar-refractivity contribution >= 4 is 21.6 Å². The number of nitrogens with one attached hydrogen (secondary N) is 1. The maximum atomic E-state index is 8.99. The van der Waals surface area contributed by atoms with Gasteiger partial charge < -0.3 is 5.32 Å². The van der Waals surface area contributed by atoms with Crippen LogP contribution in [0.4, 0.5) is 5.69 Å². The molecule has 1 unspecified atom stereocenters. The van der Waals surface area contributed by atoms with Crippen LogP contribution in [0.25, 0.3) is 0 Å². The Morgan fingerprint density at radius 2 is 2.25 bits per heavy atom. The van der Waals surface area contributed by atoms with Crippen LogP contribution < -0.4 is 5.32 Å². The molecule has 0 bridgehead atoms. The molecule has 0 radical (unpaired) electrons. The second-order valence-electron chi connectivity index (χ2n) is 3.99. The summed E-state index contributed by atoms with van der Waals surface area (Å²) >= 11 is 3.42. The first-order chi connectivity index (χ1) is 7.67. The van der Waals surface area contributed by atoms with E-state index in [-0.39, 0.29) is 0 Å². The molecular weight excluding hydrogens is 264 g/mol. The first-order valence-electron chi connectivity index (χ1n) is 5.63. The number of rotatable bonds is 5. The summed E-state index contributed by atoms with van der Waals surface area (Å²) in [5, 5.41) is 12.4. The molecule has 1 aromatic rings. The predicted octanol–water partition coefficient (Wildman–Crippen LogP) is 4.31. The zero-order chi connectivity index (χ0) is 12.0. The Bertz CT molecular complexity index is 382. The first-order valence-corrected chi connectivity index (χ1v) is 6.43. The summed E-state index contributed by atoms with van der Waals surface area (Å²) in [7, 11) is 0. The monoisotopic (exact) mass is 280 g/mol. The SMILES string of the molecule is CCCCC(C)Nc1cc(Br)ccc1C#N. The molecule has 1 aromatic carbocycles. The van der Waals surface area contributed by atoms with Crippen LogP contribution in [0.5, 0.6) is 0 Å².